The molecule has 0 unspecified atom stereocenters. The predicted octanol–water partition coefficient (Wildman–Crippen LogP) is 4.12. The van der Waals surface area contributed by atoms with Gasteiger partial charge in [0.1, 0.15) is 24.7 Å². The van der Waals surface area contributed by atoms with Crippen molar-refractivity contribution in [2.75, 3.05) is 13.2 Å². The molecular weight excluding hydrogens is 493 g/mol. The lowest BCUT2D eigenvalue weighted by molar-refractivity contribution is -0.137. The third-order valence-electron chi connectivity index (χ3n) is 5.67. The summed E-state index contributed by atoms with van der Waals surface area (Å²) >= 11 is 0. The molecule has 37 heavy (non-hydrogen) atoms. The first-order chi connectivity index (χ1) is 17.7. The largest absolute Gasteiger partial charge is 0.491 e. The molecule has 0 aliphatic carbocycles. The van der Waals surface area contributed by atoms with Gasteiger partial charge in [-0.25, -0.2) is 14.6 Å². The van der Waals surface area contributed by atoms with E-state index in [4.69, 9.17) is 19.1 Å². The number of nitrogens with one attached hydrogen (secondary N) is 1. The Bertz CT molecular complexity index is 1490. The number of halogens is 3. The van der Waals surface area contributed by atoms with Gasteiger partial charge < -0.3 is 19.1 Å². The molecule has 0 saturated heterocycles. The summed E-state index contributed by atoms with van der Waals surface area (Å²) in [5, 5.41) is 8.89. The van der Waals surface area contributed by atoms with Crippen LogP contribution in [0, 0.1) is 6.92 Å². The van der Waals surface area contributed by atoms with Gasteiger partial charge >= 0.3 is 17.6 Å². The fourth-order valence-corrected chi connectivity index (χ4v) is 3.81. The van der Waals surface area contributed by atoms with E-state index in [1.807, 2.05) is 4.98 Å². The first kappa shape index (κ1) is 25.8. The number of H-pyrrole nitrogens is 1. The lowest BCUT2D eigenvalue weighted by Crippen LogP contribution is -2.17. The zero-order chi connectivity index (χ0) is 26.6. The second-order valence-corrected chi connectivity index (χ2v) is 8.15. The summed E-state index contributed by atoms with van der Waals surface area (Å²) in [6.07, 6.45) is -4.61. The number of hydrogen-bond acceptors (Lipinski definition) is 6. The van der Waals surface area contributed by atoms with Gasteiger partial charge in [-0.15, -0.1) is 4.74 Å². The molecule has 1 heterocycles. The minimum atomic E-state index is -4.61. The number of aromatic nitrogens is 2. The van der Waals surface area contributed by atoms with E-state index in [9.17, 15) is 22.8 Å². The van der Waals surface area contributed by atoms with E-state index in [0.717, 1.165) is 10.8 Å². The molecule has 0 fully saturated rings. The van der Waals surface area contributed by atoms with Crippen LogP contribution in [0.2, 0.25) is 0 Å². The highest BCUT2D eigenvalue weighted by atomic mass is 19.4. The first-order valence-electron chi connectivity index (χ1n) is 11.2. The van der Waals surface area contributed by atoms with Crippen LogP contribution in [0.1, 0.15) is 22.3 Å². The van der Waals surface area contributed by atoms with Gasteiger partial charge in [-0.3, -0.25) is 0 Å². The number of aromatic amines is 1. The number of hydrogen-bond donors (Lipinski definition) is 2. The van der Waals surface area contributed by atoms with E-state index in [1.165, 1.54) is 12.1 Å². The fourth-order valence-electron chi connectivity index (χ4n) is 3.81. The molecule has 2 N–H and O–H groups in total. The number of ether oxygens (including phenoxy) is 2. The highest BCUT2D eigenvalue weighted by molar-refractivity contribution is 5.73. The molecule has 0 saturated carbocycles. The van der Waals surface area contributed by atoms with Crippen molar-refractivity contribution in [2.45, 2.75) is 26.3 Å². The molecule has 4 rings (SSSR count). The van der Waals surface area contributed by atoms with Crippen LogP contribution in [0.5, 0.6) is 11.5 Å². The molecule has 4 aromatic rings. The third kappa shape index (κ3) is 6.12. The van der Waals surface area contributed by atoms with Gasteiger partial charge in [-0.1, -0.05) is 36.4 Å². The highest BCUT2D eigenvalue weighted by Gasteiger charge is 2.34. The summed E-state index contributed by atoms with van der Waals surface area (Å²) in [5.74, 6) is -0.303. The number of nitrogens with zero attached hydrogens (tertiary/aromatic N) is 1. The summed E-state index contributed by atoms with van der Waals surface area (Å²) in [7, 11) is 0. The lowest BCUT2D eigenvalue weighted by Gasteiger charge is -2.18. The third-order valence-corrected chi connectivity index (χ3v) is 5.67. The Balaban J connectivity index is 1.52. The highest BCUT2D eigenvalue weighted by Crippen LogP contribution is 2.40. The molecule has 1 aromatic heterocycles. The van der Waals surface area contributed by atoms with Crippen molar-refractivity contribution < 1.29 is 32.3 Å². The molecule has 194 valence electrons. The van der Waals surface area contributed by atoms with Crippen LogP contribution in [0.3, 0.4) is 0 Å². The smallest absolute Gasteiger partial charge is 0.440 e. The maximum atomic E-state index is 13.9. The van der Waals surface area contributed by atoms with E-state index in [2.05, 4.69) is 0 Å². The average molecular weight is 516 g/mol. The van der Waals surface area contributed by atoms with E-state index < -0.39 is 23.2 Å². The Labute approximate surface area is 208 Å². The zero-order valence-corrected chi connectivity index (χ0v) is 19.7. The summed E-state index contributed by atoms with van der Waals surface area (Å²) in [5.41, 5.74) is 0.974. The van der Waals surface area contributed by atoms with Gasteiger partial charge in [0, 0.05) is 0 Å². The maximum Gasteiger partial charge on any atom is 0.440 e. The van der Waals surface area contributed by atoms with E-state index in [-0.39, 0.29) is 37.7 Å². The van der Waals surface area contributed by atoms with Gasteiger partial charge in [0.15, 0.2) is 0 Å². The van der Waals surface area contributed by atoms with Crippen molar-refractivity contribution in [3.63, 3.8) is 0 Å². The number of aliphatic hydroxyl groups is 1. The Morgan fingerprint density at radius 2 is 1.70 bits per heavy atom. The standard InChI is InChI=1S/C26H23F3N2O6/c1-16-18(15-36-19-7-5-17(6-8-19)14-31-24(33)30-25(34)37-31)3-2-4-21(16)22-10-9-20(35-12-11-32)13-23(22)26(27,28)29/h2-10,13,32H,11-12,14-15H2,1H3,(H,30,33,34). The normalized spacial score (nSPS) is 11.5. The van der Waals surface area contributed by atoms with Gasteiger partial charge in [0.2, 0.25) is 0 Å². The van der Waals surface area contributed by atoms with Crippen molar-refractivity contribution in [2.24, 2.45) is 0 Å². The molecule has 0 bridgehead atoms. The molecule has 0 radical (unpaired) electrons. The van der Waals surface area contributed by atoms with Crippen molar-refractivity contribution >= 4 is 0 Å². The summed E-state index contributed by atoms with van der Waals surface area (Å²) in [6, 6.07) is 15.6. The van der Waals surface area contributed by atoms with Crippen LogP contribution in [-0.2, 0) is 19.3 Å². The van der Waals surface area contributed by atoms with Crippen LogP contribution in [0.25, 0.3) is 11.1 Å². The summed E-state index contributed by atoms with van der Waals surface area (Å²) in [6.45, 7) is 1.49. The predicted molar refractivity (Wildman–Crippen MR) is 128 cm³/mol. The monoisotopic (exact) mass is 516 g/mol. The number of benzene rings is 3. The Morgan fingerprint density at radius 1 is 0.973 bits per heavy atom. The molecular formula is C26H23F3N2O6. The molecule has 0 amide bonds. The van der Waals surface area contributed by atoms with Crippen molar-refractivity contribution in [3.8, 4) is 22.6 Å². The summed E-state index contributed by atoms with van der Waals surface area (Å²) < 4.78 is 58.2. The minimum Gasteiger partial charge on any atom is -0.491 e. The van der Waals surface area contributed by atoms with E-state index >= 15 is 0 Å². The average Bonchev–Trinajstić information content (AvgIpc) is 3.18. The molecule has 3 aromatic carbocycles. The quantitative estimate of drug-likeness (QED) is 0.347. The second kappa shape index (κ2) is 10.8. The van der Waals surface area contributed by atoms with Crippen molar-refractivity contribution in [1.82, 2.24) is 9.72 Å². The molecule has 0 aliphatic rings. The SMILES string of the molecule is Cc1c(COc2ccc(Cn3oc(=O)[nH]c3=O)cc2)cccc1-c1ccc(OCCO)cc1C(F)(F)F. The molecule has 0 atom stereocenters. The fraction of sp³-hybridized carbons (Fsp3) is 0.231. The van der Waals surface area contributed by atoms with Crippen LogP contribution in [0.4, 0.5) is 13.2 Å². The Morgan fingerprint density at radius 3 is 2.35 bits per heavy atom. The molecule has 0 spiro atoms. The molecule has 11 heteroatoms. The van der Waals surface area contributed by atoms with Crippen LogP contribution in [-0.4, -0.2) is 28.0 Å². The van der Waals surface area contributed by atoms with Gasteiger partial charge in [0.05, 0.1) is 18.7 Å². The van der Waals surface area contributed by atoms with Gasteiger partial charge in [-0.05, 0) is 59.0 Å². The number of alkyl halides is 3. The van der Waals surface area contributed by atoms with Gasteiger partial charge in [0.25, 0.3) is 0 Å². The molecule has 8 nitrogen and oxygen atoms in total. The van der Waals surface area contributed by atoms with E-state index in [0.29, 0.717) is 28.0 Å². The van der Waals surface area contributed by atoms with Crippen LogP contribution in [0.15, 0.2) is 74.8 Å². The Hall–Kier alpha value is -4.25. The maximum absolute atomic E-state index is 13.9. The first-order valence-corrected chi connectivity index (χ1v) is 11.2. The van der Waals surface area contributed by atoms with Crippen LogP contribution >= 0.6 is 0 Å². The second-order valence-electron chi connectivity index (χ2n) is 8.15. The van der Waals surface area contributed by atoms with Crippen LogP contribution < -0.4 is 20.9 Å². The number of aliphatic hydroxyl groups excluding tert-OH is 1. The lowest BCUT2D eigenvalue weighted by atomic mass is 9.93. The van der Waals surface area contributed by atoms with E-state index in [1.54, 1.807) is 49.4 Å². The van der Waals surface area contributed by atoms with Crippen molar-refractivity contribution in [1.29, 1.82) is 0 Å². The number of rotatable bonds is 9. The molecule has 0 aliphatic heterocycles. The van der Waals surface area contributed by atoms with Crippen molar-refractivity contribution in [3.05, 3.63) is 104 Å². The summed E-state index contributed by atoms with van der Waals surface area (Å²) in [4.78, 5) is 24.7. The zero-order valence-electron chi connectivity index (χ0n) is 19.7. The topological polar surface area (TPSA) is 107 Å². The Kier molecular flexibility index (Phi) is 7.53. The minimum absolute atomic E-state index is 0.0131. The van der Waals surface area contributed by atoms with Gasteiger partial charge in [-0.2, -0.15) is 13.2 Å².